The van der Waals surface area contributed by atoms with Gasteiger partial charge in [0, 0.05) is 31.2 Å². The van der Waals surface area contributed by atoms with Crippen molar-refractivity contribution in [1.29, 1.82) is 0 Å². The van der Waals surface area contributed by atoms with Crippen molar-refractivity contribution in [2.45, 2.75) is 82.1 Å². The Morgan fingerprint density at radius 1 is 0.882 bits per heavy atom. The number of aryl methyl sites for hydroxylation is 1. The van der Waals surface area contributed by atoms with Crippen molar-refractivity contribution >= 4 is 38.7 Å². The van der Waals surface area contributed by atoms with Gasteiger partial charge in [-0.3, -0.25) is 14.6 Å². The molecule has 2 aromatic heterocycles. The van der Waals surface area contributed by atoms with Crippen molar-refractivity contribution in [1.82, 2.24) is 19.9 Å². The van der Waals surface area contributed by atoms with E-state index in [0.29, 0.717) is 11.9 Å². The van der Waals surface area contributed by atoms with Gasteiger partial charge in [-0.1, -0.05) is 79.7 Å². The summed E-state index contributed by atoms with van der Waals surface area (Å²) in [6.07, 6.45) is 2.11. The number of hydrogen-bond donors (Lipinski definition) is 1. The molecule has 11 heteroatoms. The Hall–Kier alpha value is -4.87. The fraction of sp³-hybridized carbons (Fsp3) is 0.350. The standard InChI is InChI=1S/C40H45N5O5S/c1-27-13-12-18-32(21-27)51(48,49)38-37(42-34-19-20-41-36(34)43-38)45(39(47)50-40(3,4)5)26-35(46)33-23-31(22-28(33)2)44(24-29-14-8-6-9-15-29)25-30-16-10-7-11-17-30/h6-21,28,31,33H,22-26H2,1-5H3,(H,41,43). The molecule has 5 aromatic rings. The van der Waals surface area contributed by atoms with Gasteiger partial charge in [-0.05, 0) is 81.3 Å². The van der Waals surface area contributed by atoms with Crippen LogP contribution < -0.4 is 4.90 Å². The molecule has 2 heterocycles. The van der Waals surface area contributed by atoms with E-state index in [1.807, 2.05) is 36.4 Å². The lowest BCUT2D eigenvalue weighted by Crippen LogP contribution is -2.43. The van der Waals surface area contributed by atoms with Gasteiger partial charge in [0.25, 0.3) is 0 Å². The monoisotopic (exact) mass is 707 g/mol. The van der Waals surface area contributed by atoms with Gasteiger partial charge < -0.3 is 9.72 Å². The number of ether oxygens (including phenoxy) is 1. The van der Waals surface area contributed by atoms with E-state index in [-0.39, 0.29) is 40.0 Å². The van der Waals surface area contributed by atoms with E-state index in [2.05, 4.69) is 51.0 Å². The van der Waals surface area contributed by atoms with Crippen molar-refractivity contribution in [3.05, 3.63) is 114 Å². The molecule has 51 heavy (non-hydrogen) atoms. The second-order valence-corrected chi connectivity index (χ2v) is 16.4. The largest absolute Gasteiger partial charge is 0.443 e. The topological polar surface area (TPSA) is 126 Å². The maximum atomic E-state index is 14.4. The van der Waals surface area contributed by atoms with Crippen LogP contribution in [0.1, 0.15) is 57.2 Å². The molecule has 3 aromatic carbocycles. The first-order valence-corrected chi connectivity index (χ1v) is 18.8. The second kappa shape index (κ2) is 14.8. The highest BCUT2D eigenvalue weighted by atomic mass is 32.2. The van der Waals surface area contributed by atoms with Crippen molar-refractivity contribution < 1.29 is 22.7 Å². The van der Waals surface area contributed by atoms with Gasteiger partial charge in [-0.2, -0.15) is 0 Å². The van der Waals surface area contributed by atoms with Crippen molar-refractivity contribution in [2.75, 3.05) is 11.4 Å². The number of fused-ring (bicyclic) bond motifs is 1. The Balaban J connectivity index is 1.34. The molecule has 1 N–H and O–H groups in total. The van der Waals surface area contributed by atoms with Gasteiger partial charge in [0.15, 0.2) is 17.2 Å². The Bertz CT molecular complexity index is 2070. The van der Waals surface area contributed by atoms with Gasteiger partial charge in [0.05, 0.1) is 11.4 Å². The summed E-state index contributed by atoms with van der Waals surface area (Å²) in [4.78, 5) is 43.9. The number of H-pyrrole nitrogens is 1. The highest BCUT2D eigenvalue weighted by Gasteiger charge is 2.41. The lowest BCUT2D eigenvalue weighted by Gasteiger charge is -2.30. The summed E-state index contributed by atoms with van der Waals surface area (Å²) in [5.41, 5.74) is 2.77. The van der Waals surface area contributed by atoms with Crippen LogP contribution in [0.3, 0.4) is 0 Å². The van der Waals surface area contributed by atoms with E-state index in [9.17, 15) is 18.0 Å². The van der Waals surface area contributed by atoms with Crippen LogP contribution >= 0.6 is 0 Å². The molecular weight excluding hydrogens is 663 g/mol. The number of carbonyl (C=O) groups excluding carboxylic acids is 2. The van der Waals surface area contributed by atoms with Crippen LogP contribution in [-0.4, -0.2) is 58.3 Å². The maximum absolute atomic E-state index is 14.4. The van der Waals surface area contributed by atoms with E-state index >= 15 is 0 Å². The van der Waals surface area contributed by atoms with Crippen LogP contribution in [0.4, 0.5) is 10.6 Å². The number of carbonyl (C=O) groups is 2. The summed E-state index contributed by atoms with van der Waals surface area (Å²) in [5.74, 6) is -0.797. The highest BCUT2D eigenvalue weighted by molar-refractivity contribution is 7.91. The van der Waals surface area contributed by atoms with Crippen molar-refractivity contribution in [3.63, 3.8) is 0 Å². The summed E-state index contributed by atoms with van der Waals surface area (Å²) in [7, 11) is -4.29. The van der Waals surface area contributed by atoms with E-state index in [4.69, 9.17) is 4.74 Å². The number of Topliss-reactive ketones (excluding diaryl/α,β-unsaturated/α-hetero) is 1. The number of nitrogens with one attached hydrogen (secondary N) is 1. The summed E-state index contributed by atoms with van der Waals surface area (Å²) >= 11 is 0. The lowest BCUT2D eigenvalue weighted by atomic mass is 9.93. The SMILES string of the molecule is Cc1cccc(S(=O)(=O)c2nc3[nH]ccc3nc2N(CC(=O)C2CC(N(Cc3ccccc3)Cc3ccccc3)CC2C)C(=O)OC(C)(C)C)c1. The molecule has 1 fully saturated rings. The molecule has 1 amide bonds. The first-order chi connectivity index (χ1) is 24.3. The molecule has 1 aliphatic carbocycles. The number of nitrogens with zero attached hydrogens (tertiary/aromatic N) is 4. The molecule has 0 aliphatic heterocycles. The Morgan fingerprint density at radius 3 is 2.14 bits per heavy atom. The molecule has 1 saturated carbocycles. The highest BCUT2D eigenvalue weighted by Crippen LogP contribution is 2.38. The van der Waals surface area contributed by atoms with E-state index in [1.165, 1.54) is 17.2 Å². The van der Waals surface area contributed by atoms with Crippen LogP contribution in [0.2, 0.25) is 0 Å². The number of rotatable bonds is 11. The molecule has 0 spiro atoms. The minimum absolute atomic E-state index is 0.00334. The van der Waals surface area contributed by atoms with E-state index in [0.717, 1.165) is 30.0 Å². The van der Waals surface area contributed by atoms with Gasteiger partial charge >= 0.3 is 6.09 Å². The number of ketones is 1. The molecule has 10 nitrogen and oxygen atoms in total. The van der Waals surface area contributed by atoms with Gasteiger partial charge in [-0.25, -0.2) is 23.2 Å². The lowest BCUT2D eigenvalue weighted by molar-refractivity contribution is -0.122. The van der Waals surface area contributed by atoms with E-state index in [1.54, 1.807) is 58.2 Å². The smallest absolute Gasteiger partial charge is 0.416 e. The minimum atomic E-state index is -4.29. The molecule has 6 rings (SSSR count). The van der Waals surface area contributed by atoms with Gasteiger partial charge in [0.2, 0.25) is 14.9 Å². The molecule has 0 radical (unpaired) electrons. The third-order valence-corrected chi connectivity index (χ3v) is 11.0. The molecule has 0 bridgehead atoms. The molecule has 3 atom stereocenters. The van der Waals surface area contributed by atoms with Crippen molar-refractivity contribution in [3.8, 4) is 0 Å². The van der Waals surface area contributed by atoms with Crippen LogP contribution in [-0.2, 0) is 32.5 Å². The van der Waals surface area contributed by atoms with Crippen molar-refractivity contribution in [2.24, 2.45) is 11.8 Å². The predicted molar refractivity (Wildman–Crippen MR) is 197 cm³/mol. The summed E-state index contributed by atoms with van der Waals surface area (Å²) in [6.45, 7) is 10.0. The number of sulfone groups is 1. The van der Waals surface area contributed by atoms with Gasteiger partial charge in [0.1, 0.15) is 11.1 Å². The normalized spacial score (nSPS) is 17.9. The number of aromatic amines is 1. The van der Waals surface area contributed by atoms with Gasteiger partial charge in [-0.15, -0.1) is 0 Å². The van der Waals surface area contributed by atoms with Crippen LogP contribution in [0.5, 0.6) is 0 Å². The fourth-order valence-corrected chi connectivity index (χ4v) is 8.25. The maximum Gasteiger partial charge on any atom is 0.416 e. The Kier molecular flexibility index (Phi) is 10.4. The average molecular weight is 708 g/mol. The quantitative estimate of drug-likeness (QED) is 0.149. The molecule has 266 valence electrons. The second-order valence-electron chi connectivity index (χ2n) is 14.5. The van der Waals surface area contributed by atoms with Crippen LogP contribution in [0.25, 0.3) is 11.2 Å². The molecule has 0 saturated heterocycles. The third-order valence-electron chi connectivity index (χ3n) is 9.32. The predicted octanol–water partition coefficient (Wildman–Crippen LogP) is 7.53. The summed E-state index contributed by atoms with van der Waals surface area (Å²) < 4.78 is 34.2. The average Bonchev–Trinajstić information content (AvgIpc) is 3.72. The number of benzene rings is 3. The zero-order valence-electron chi connectivity index (χ0n) is 29.7. The Morgan fingerprint density at radius 2 is 1.53 bits per heavy atom. The first-order valence-electron chi connectivity index (χ1n) is 17.3. The summed E-state index contributed by atoms with van der Waals surface area (Å²) in [5, 5.41) is -0.434. The number of hydrogen-bond acceptors (Lipinski definition) is 8. The zero-order chi connectivity index (χ0) is 36.3. The summed E-state index contributed by atoms with van der Waals surface area (Å²) in [6, 6.07) is 28.8. The zero-order valence-corrected chi connectivity index (χ0v) is 30.6. The minimum Gasteiger partial charge on any atom is -0.443 e. The molecule has 3 unspecified atom stereocenters. The number of aromatic nitrogens is 3. The van der Waals surface area contributed by atoms with Crippen LogP contribution in [0.15, 0.2) is 107 Å². The van der Waals surface area contributed by atoms with Crippen LogP contribution in [0, 0.1) is 18.8 Å². The number of anilines is 1. The molecule has 1 aliphatic rings. The Labute approximate surface area is 299 Å². The first kappa shape index (κ1) is 35.9. The fourth-order valence-electron chi connectivity index (χ4n) is 6.82. The third kappa shape index (κ3) is 8.37. The number of amides is 1. The molecular formula is C40H45N5O5S. The van der Waals surface area contributed by atoms with E-state index < -0.39 is 33.1 Å².